The third-order valence-electron chi connectivity index (χ3n) is 5.26. The monoisotopic (exact) mass is 504 g/mol. The molecule has 5 aromatic rings. The molecule has 0 radical (unpaired) electrons. The highest BCUT2D eigenvalue weighted by Gasteiger charge is 2.17. The van der Waals surface area contributed by atoms with E-state index in [4.69, 9.17) is 8.83 Å². The maximum atomic E-state index is 11.2. The Bertz CT molecular complexity index is 1530. The first-order valence-corrected chi connectivity index (χ1v) is 10.8. The van der Waals surface area contributed by atoms with Crippen LogP contribution in [-0.2, 0) is 0 Å². The average Bonchev–Trinajstić information content (AvgIpc) is 3.53. The minimum atomic E-state index is -0.378. The quantitative estimate of drug-likeness (QED) is 0.147. The number of pyridine rings is 1. The van der Waals surface area contributed by atoms with Crippen LogP contribution in [0.3, 0.4) is 0 Å². The van der Waals surface area contributed by atoms with Crippen LogP contribution in [0.15, 0.2) is 79.3 Å². The number of halogens is 1. The second kappa shape index (κ2) is 8.18. The van der Waals surface area contributed by atoms with E-state index in [1.807, 2.05) is 41.8 Å². The Labute approximate surface area is 196 Å². The van der Waals surface area contributed by atoms with E-state index in [0.29, 0.717) is 34.4 Å². The second-order valence-corrected chi connectivity index (χ2v) is 8.42. The molecule has 0 aliphatic carbocycles. The van der Waals surface area contributed by atoms with E-state index in [1.165, 1.54) is 0 Å². The highest BCUT2D eigenvalue weighted by molar-refractivity contribution is 9.10. The summed E-state index contributed by atoms with van der Waals surface area (Å²) < 4.78 is 14.3. The summed E-state index contributed by atoms with van der Waals surface area (Å²) in [5, 5.41) is 11.2. The van der Waals surface area contributed by atoms with Gasteiger partial charge in [-0.1, -0.05) is 0 Å². The lowest BCUT2D eigenvalue weighted by Crippen LogP contribution is -1.94. The molecule has 0 spiro atoms. The summed E-state index contributed by atoms with van der Waals surface area (Å²) in [4.78, 5) is 20.1. The first kappa shape index (κ1) is 20.9. The van der Waals surface area contributed by atoms with Gasteiger partial charge in [-0.15, -0.1) is 0 Å². The van der Waals surface area contributed by atoms with Crippen molar-refractivity contribution in [2.45, 2.75) is 13.8 Å². The fourth-order valence-corrected chi connectivity index (χ4v) is 4.00. The summed E-state index contributed by atoms with van der Waals surface area (Å²) in [6.45, 7) is 3.54. The first-order valence-electron chi connectivity index (χ1n) is 10.0. The van der Waals surface area contributed by atoms with Crippen molar-refractivity contribution in [1.82, 2.24) is 9.38 Å². The molecule has 5 rings (SSSR count). The van der Waals surface area contributed by atoms with Crippen LogP contribution in [-0.4, -0.2) is 20.5 Å². The summed E-state index contributed by atoms with van der Waals surface area (Å²) in [6, 6.07) is 14.4. The van der Waals surface area contributed by atoms with E-state index in [0.717, 1.165) is 21.2 Å². The zero-order chi connectivity index (χ0) is 23.1. The van der Waals surface area contributed by atoms with Crippen molar-refractivity contribution in [2.24, 2.45) is 4.99 Å². The molecule has 0 unspecified atom stereocenters. The summed E-state index contributed by atoms with van der Waals surface area (Å²) in [5.41, 5.74) is 3.57. The van der Waals surface area contributed by atoms with Gasteiger partial charge in [-0.3, -0.25) is 14.5 Å². The van der Waals surface area contributed by atoms with Gasteiger partial charge in [0.25, 0.3) is 5.69 Å². The maximum Gasteiger partial charge on any atom is 0.272 e. The number of fused-ring (bicyclic) bond motifs is 1. The van der Waals surface area contributed by atoms with Gasteiger partial charge in [-0.2, -0.15) is 0 Å². The molecule has 0 N–H and O–H groups in total. The summed E-state index contributed by atoms with van der Waals surface area (Å²) in [6.07, 6.45) is 5.10. The van der Waals surface area contributed by atoms with Crippen LogP contribution >= 0.6 is 15.9 Å². The Morgan fingerprint density at radius 1 is 1.12 bits per heavy atom. The Morgan fingerprint density at radius 3 is 2.73 bits per heavy atom. The molecule has 0 bridgehead atoms. The Kier molecular flexibility index (Phi) is 5.18. The van der Waals surface area contributed by atoms with Crippen LogP contribution in [0.25, 0.3) is 28.4 Å². The van der Waals surface area contributed by atoms with Crippen molar-refractivity contribution in [3.8, 4) is 22.8 Å². The van der Waals surface area contributed by atoms with Crippen molar-refractivity contribution in [3.05, 3.63) is 92.5 Å². The number of hydrogen-bond acceptors (Lipinski definition) is 6. The minimum absolute atomic E-state index is 0.0915. The van der Waals surface area contributed by atoms with E-state index in [-0.39, 0.29) is 10.6 Å². The Hall–Kier alpha value is -3.98. The lowest BCUT2D eigenvalue weighted by atomic mass is 10.0. The van der Waals surface area contributed by atoms with Crippen LogP contribution in [0.1, 0.15) is 16.9 Å². The number of aryl methyl sites for hydroxylation is 2. The van der Waals surface area contributed by atoms with Gasteiger partial charge in [-0.25, -0.2) is 9.98 Å². The molecule has 8 nitrogen and oxygen atoms in total. The molecule has 9 heteroatoms. The van der Waals surface area contributed by atoms with Gasteiger partial charge in [0.1, 0.15) is 17.2 Å². The molecule has 0 amide bonds. The number of aliphatic imine (C=N–C) groups is 1. The number of aromatic nitrogens is 2. The average molecular weight is 505 g/mol. The van der Waals surface area contributed by atoms with Crippen LogP contribution < -0.4 is 0 Å². The Morgan fingerprint density at radius 2 is 1.97 bits per heavy atom. The molecule has 0 aliphatic heterocycles. The number of nitrogens with zero attached hydrogens (tertiary/aromatic N) is 4. The molecule has 0 aliphatic rings. The fourth-order valence-electron chi connectivity index (χ4n) is 3.66. The van der Waals surface area contributed by atoms with Crippen LogP contribution in [0, 0.1) is 24.0 Å². The molecule has 1 aromatic carbocycles. The number of rotatable bonds is 5. The largest absolute Gasteiger partial charge is 0.463 e. The predicted octanol–water partition coefficient (Wildman–Crippen LogP) is 6.89. The van der Waals surface area contributed by atoms with Gasteiger partial charge in [0.15, 0.2) is 17.3 Å². The second-order valence-electron chi connectivity index (χ2n) is 7.51. The van der Waals surface area contributed by atoms with Crippen molar-refractivity contribution in [2.75, 3.05) is 0 Å². The number of imidazole rings is 1. The van der Waals surface area contributed by atoms with Crippen LogP contribution in [0.4, 0.5) is 11.5 Å². The molecule has 4 heterocycles. The standard InChI is InChI=1S/C24H17BrN4O4/c1-14-11-19(29(30)31)15(2)10-18(14)20-7-6-17(33-20)12-26-24-23(21-4-3-9-32-21)27-22-8-5-16(25)13-28(22)24/h3-13H,1-2H3. The van der Waals surface area contributed by atoms with Gasteiger partial charge in [0.05, 0.1) is 17.4 Å². The summed E-state index contributed by atoms with van der Waals surface area (Å²) in [7, 11) is 0. The molecule has 164 valence electrons. The maximum absolute atomic E-state index is 11.2. The highest BCUT2D eigenvalue weighted by Crippen LogP contribution is 2.33. The molecular weight excluding hydrogens is 488 g/mol. The third-order valence-corrected chi connectivity index (χ3v) is 5.73. The molecule has 0 atom stereocenters. The number of nitro groups is 1. The molecule has 33 heavy (non-hydrogen) atoms. The van der Waals surface area contributed by atoms with E-state index in [2.05, 4.69) is 25.9 Å². The third kappa shape index (κ3) is 3.87. The summed E-state index contributed by atoms with van der Waals surface area (Å²) in [5.74, 6) is 2.36. The predicted molar refractivity (Wildman–Crippen MR) is 128 cm³/mol. The first-order chi connectivity index (χ1) is 15.9. The zero-order valence-corrected chi connectivity index (χ0v) is 19.2. The van der Waals surface area contributed by atoms with Gasteiger partial charge < -0.3 is 8.83 Å². The minimum Gasteiger partial charge on any atom is -0.463 e. The number of benzene rings is 1. The smallest absolute Gasteiger partial charge is 0.272 e. The van der Waals surface area contributed by atoms with Crippen molar-refractivity contribution >= 4 is 39.3 Å². The molecule has 0 fully saturated rings. The van der Waals surface area contributed by atoms with E-state index in [1.54, 1.807) is 43.7 Å². The molecular formula is C24H17BrN4O4. The number of hydrogen-bond donors (Lipinski definition) is 0. The van der Waals surface area contributed by atoms with E-state index in [9.17, 15) is 10.1 Å². The SMILES string of the molecule is Cc1cc([N+](=O)[O-])c(C)cc1-c1ccc(C=Nc2c(-c3ccco3)nc3ccc(Br)cn23)o1. The van der Waals surface area contributed by atoms with Crippen molar-refractivity contribution in [1.29, 1.82) is 0 Å². The van der Waals surface area contributed by atoms with Gasteiger partial charge >= 0.3 is 0 Å². The van der Waals surface area contributed by atoms with E-state index >= 15 is 0 Å². The van der Waals surface area contributed by atoms with E-state index < -0.39 is 0 Å². The Balaban J connectivity index is 1.53. The number of nitro benzene ring substituents is 1. The lowest BCUT2D eigenvalue weighted by molar-refractivity contribution is -0.385. The van der Waals surface area contributed by atoms with Gasteiger partial charge in [0, 0.05) is 27.9 Å². The van der Waals surface area contributed by atoms with Gasteiger partial charge in [0.2, 0.25) is 0 Å². The fraction of sp³-hybridized carbons (Fsp3) is 0.0833. The number of furan rings is 2. The molecule has 0 saturated heterocycles. The topological polar surface area (TPSA) is 99.1 Å². The van der Waals surface area contributed by atoms with Crippen LogP contribution in [0.2, 0.25) is 0 Å². The molecule has 4 aromatic heterocycles. The van der Waals surface area contributed by atoms with Crippen molar-refractivity contribution < 1.29 is 13.8 Å². The van der Waals surface area contributed by atoms with Gasteiger partial charge in [-0.05, 0) is 77.8 Å². The molecule has 0 saturated carbocycles. The lowest BCUT2D eigenvalue weighted by Gasteiger charge is -2.05. The zero-order valence-electron chi connectivity index (χ0n) is 17.7. The van der Waals surface area contributed by atoms with Crippen LogP contribution in [0.5, 0.6) is 0 Å². The van der Waals surface area contributed by atoms with Crippen molar-refractivity contribution in [3.63, 3.8) is 0 Å². The summed E-state index contributed by atoms with van der Waals surface area (Å²) >= 11 is 3.49. The highest BCUT2D eigenvalue weighted by atomic mass is 79.9. The normalized spacial score (nSPS) is 11.6.